The highest BCUT2D eigenvalue weighted by atomic mass is 15.2. The molecule has 0 unspecified atom stereocenters. The van der Waals surface area contributed by atoms with Crippen LogP contribution in [0.3, 0.4) is 0 Å². The third-order valence-electron chi connectivity index (χ3n) is 4.29. The maximum absolute atomic E-state index is 3.78. The molecule has 0 saturated carbocycles. The first kappa shape index (κ1) is 15.0. The molecule has 1 rings (SSSR count). The highest BCUT2D eigenvalue weighted by Gasteiger charge is 2.29. The van der Waals surface area contributed by atoms with Gasteiger partial charge in [0.05, 0.1) is 0 Å². The van der Waals surface area contributed by atoms with Gasteiger partial charge in [-0.1, -0.05) is 27.7 Å². The summed E-state index contributed by atoms with van der Waals surface area (Å²) in [5.41, 5.74) is 0.383. The second-order valence-corrected chi connectivity index (χ2v) is 6.08. The van der Waals surface area contributed by atoms with Gasteiger partial charge in [0.1, 0.15) is 0 Å². The molecule has 17 heavy (non-hydrogen) atoms. The molecule has 0 aromatic carbocycles. The van der Waals surface area contributed by atoms with E-state index < -0.39 is 0 Å². The highest BCUT2D eigenvalue weighted by molar-refractivity contribution is 4.91. The lowest BCUT2D eigenvalue weighted by molar-refractivity contribution is 0.192. The fourth-order valence-corrected chi connectivity index (χ4v) is 2.86. The van der Waals surface area contributed by atoms with Gasteiger partial charge in [-0.3, -0.25) is 0 Å². The molecule has 0 radical (unpaired) electrons. The van der Waals surface area contributed by atoms with Gasteiger partial charge < -0.3 is 10.2 Å². The first-order chi connectivity index (χ1) is 8.12. The smallest absolute Gasteiger partial charge is 0.0303 e. The van der Waals surface area contributed by atoms with Crippen LogP contribution in [0, 0.1) is 5.92 Å². The van der Waals surface area contributed by atoms with Crippen molar-refractivity contribution in [1.82, 2.24) is 10.2 Å². The average molecular weight is 240 g/mol. The Morgan fingerprint density at radius 3 is 2.53 bits per heavy atom. The maximum atomic E-state index is 3.78. The van der Waals surface area contributed by atoms with E-state index in [0.29, 0.717) is 5.54 Å². The van der Waals surface area contributed by atoms with Crippen LogP contribution in [0.5, 0.6) is 0 Å². The Hall–Kier alpha value is -0.0800. The summed E-state index contributed by atoms with van der Waals surface area (Å²) in [5.74, 6) is 0.849. The van der Waals surface area contributed by atoms with Crippen molar-refractivity contribution in [3.05, 3.63) is 0 Å². The third-order valence-corrected chi connectivity index (χ3v) is 4.29. The molecule has 0 aliphatic carbocycles. The van der Waals surface area contributed by atoms with Gasteiger partial charge in [-0.15, -0.1) is 0 Å². The number of hydrogen-bond donors (Lipinski definition) is 1. The van der Waals surface area contributed by atoms with E-state index in [1.54, 1.807) is 0 Å². The SMILES string of the molecule is CCC1(CC)CN(CCCC(C)C)CCCN1. The van der Waals surface area contributed by atoms with Gasteiger partial charge in [0.15, 0.2) is 0 Å². The monoisotopic (exact) mass is 240 g/mol. The van der Waals surface area contributed by atoms with Crippen LogP contribution < -0.4 is 5.32 Å². The molecule has 0 atom stereocenters. The molecule has 102 valence electrons. The van der Waals surface area contributed by atoms with E-state index >= 15 is 0 Å². The fraction of sp³-hybridized carbons (Fsp3) is 1.00. The predicted molar refractivity (Wildman–Crippen MR) is 76.4 cm³/mol. The third kappa shape index (κ3) is 4.97. The number of nitrogens with one attached hydrogen (secondary N) is 1. The Labute approximate surface area is 108 Å². The second-order valence-electron chi connectivity index (χ2n) is 6.08. The van der Waals surface area contributed by atoms with E-state index in [0.717, 1.165) is 5.92 Å². The molecular formula is C15H32N2. The maximum Gasteiger partial charge on any atom is 0.0303 e. The van der Waals surface area contributed by atoms with E-state index in [4.69, 9.17) is 0 Å². The Kier molecular flexibility index (Phi) is 6.50. The lowest BCUT2D eigenvalue weighted by atomic mass is 9.92. The minimum atomic E-state index is 0.383. The lowest BCUT2D eigenvalue weighted by Gasteiger charge is -2.35. The minimum Gasteiger partial charge on any atom is -0.310 e. The van der Waals surface area contributed by atoms with Crippen LogP contribution in [-0.4, -0.2) is 36.6 Å². The van der Waals surface area contributed by atoms with Gasteiger partial charge in [0, 0.05) is 12.1 Å². The van der Waals surface area contributed by atoms with E-state index in [-0.39, 0.29) is 0 Å². The fourth-order valence-electron chi connectivity index (χ4n) is 2.86. The van der Waals surface area contributed by atoms with Crippen molar-refractivity contribution < 1.29 is 0 Å². The Balaban J connectivity index is 2.42. The zero-order chi connectivity index (χ0) is 12.7. The molecule has 2 nitrogen and oxygen atoms in total. The summed E-state index contributed by atoms with van der Waals surface area (Å²) >= 11 is 0. The molecule has 1 saturated heterocycles. The Morgan fingerprint density at radius 2 is 1.94 bits per heavy atom. The molecule has 0 amide bonds. The van der Waals surface area contributed by atoms with Gasteiger partial charge in [0.2, 0.25) is 0 Å². The van der Waals surface area contributed by atoms with Gasteiger partial charge in [0.25, 0.3) is 0 Å². The van der Waals surface area contributed by atoms with E-state index in [1.807, 2.05) is 0 Å². The summed E-state index contributed by atoms with van der Waals surface area (Å²) in [4.78, 5) is 2.69. The van der Waals surface area contributed by atoms with Gasteiger partial charge in [-0.2, -0.15) is 0 Å². The van der Waals surface area contributed by atoms with Crippen LogP contribution in [0.4, 0.5) is 0 Å². The largest absolute Gasteiger partial charge is 0.310 e. The number of rotatable bonds is 6. The summed E-state index contributed by atoms with van der Waals surface area (Å²) < 4.78 is 0. The summed E-state index contributed by atoms with van der Waals surface area (Å²) in [6.07, 6.45) is 6.55. The van der Waals surface area contributed by atoms with Crippen molar-refractivity contribution in [2.75, 3.05) is 26.2 Å². The van der Waals surface area contributed by atoms with Crippen molar-refractivity contribution in [2.24, 2.45) is 5.92 Å². The van der Waals surface area contributed by atoms with Gasteiger partial charge in [-0.05, 0) is 57.7 Å². The molecule has 2 heteroatoms. The number of hydrogen-bond acceptors (Lipinski definition) is 2. The van der Waals surface area contributed by atoms with Crippen molar-refractivity contribution >= 4 is 0 Å². The van der Waals surface area contributed by atoms with Gasteiger partial charge >= 0.3 is 0 Å². The summed E-state index contributed by atoms with van der Waals surface area (Å²) in [6.45, 7) is 14.3. The minimum absolute atomic E-state index is 0.383. The molecule has 0 spiro atoms. The first-order valence-corrected chi connectivity index (χ1v) is 7.59. The van der Waals surface area contributed by atoms with E-state index in [1.165, 1.54) is 58.3 Å². The highest BCUT2D eigenvalue weighted by Crippen LogP contribution is 2.20. The van der Waals surface area contributed by atoms with E-state index in [9.17, 15) is 0 Å². The lowest BCUT2D eigenvalue weighted by Crippen LogP contribution is -2.50. The zero-order valence-electron chi connectivity index (χ0n) is 12.4. The van der Waals surface area contributed by atoms with Crippen LogP contribution in [0.2, 0.25) is 0 Å². The van der Waals surface area contributed by atoms with Crippen molar-refractivity contribution in [3.8, 4) is 0 Å². The topological polar surface area (TPSA) is 15.3 Å². The van der Waals surface area contributed by atoms with Crippen LogP contribution in [0.25, 0.3) is 0 Å². The van der Waals surface area contributed by atoms with Crippen LogP contribution in [0.1, 0.15) is 59.8 Å². The summed E-state index contributed by atoms with van der Waals surface area (Å²) in [6, 6.07) is 0. The Morgan fingerprint density at radius 1 is 1.24 bits per heavy atom. The molecule has 0 aromatic heterocycles. The van der Waals surface area contributed by atoms with Crippen LogP contribution in [0.15, 0.2) is 0 Å². The molecule has 0 bridgehead atoms. The van der Waals surface area contributed by atoms with Crippen LogP contribution in [-0.2, 0) is 0 Å². The molecule has 1 N–H and O–H groups in total. The van der Waals surface area contributed by atoms with Crippen molar-refractivity contribution in [2.45, 2.75) is 65.3 Å². The molecule has 1 fully saturated rings. The molecule has 1 aliphatic heterocycles. The van der Waals surface area contributed by atoms with Crippen molar-refractivity contribution in [1.29, 1.82) is 0 Å². The van der Waals surface area contributed by atoms with Crippen LogP contribution >= 0.6 is 0 Å². The quantitative estimate of drug-likeness (QED) is 0.766. The normalized spacial score (nSPS) is 21.7. The summed E-state index contributed by atoms with van der Waals surface area (Å²) in [7, 11) is 0. The second kappa shape index (κ2) is 7.38. The average Bonchev–Trinajstić information content (AvgIpc) is 2.52. The predicted octanol–water partition coefficient (Wildman–Crippen LogP) is 3.28. The summed E-state index contributed by atoms with van der Waals surface area (Å²) in [5, 5.41) is 3.78. The van der Waals surface area contributed by atoms with Crippen molar-refractivity contribution in [3.63, 3.8) is 0 Å². The molecule has 0 aromatic rings. The molecule has 1 heterocycles. The zero-order valence-corrected chi connectivity index (χ0v) is 12.4. The Bertz CT molecular complexity index is 197. The number of nitrogens with zero attached hydrogens (tertiary/aromatic N) is 1. The standard InChI is InChI=1S/C15H32N2/c1-5-15(6-2)13-17(12-8-10-16-15)11-7-9-14(3)4/h14,16H,5-13H2,1-4H3. The molecular weight excluding hydrogens is 208 g/mol. The first-order valence-electron chi connectivity index (χ1n) is 7.59. The van der Waals surface area contributed by atoms with E-state index in [2.05, 4.69) is 37.9 Å². The van der Waals surface area contributed by atoms with Gasteiger partial charge in [-0.25, -0.2) is 0 Å². The molecule has 1 aliphatic rings.